The summed E-state index contributed by atoms with van der Waals surface area (Å²) < 4.78 is 33.1. The smallest absolute Gasteiger partial charge is 0.245 e. The van der Waals surface area contributed by atoms with Crippen molar-refractivity contribution in [1.29, 1.82) is 0 Å². The van der Waals surface area contributed by atoms with Gasteiger partial charge in [0.05, 0.1) is 11.5 Å². The number of ether oxygens (including phenoxy) is 1. The van der Waals surface area contributed by atoms with Crippen LogP contribution in [-0.2, 0) is 19.6 Å². The van der Waals surface area contributed by atoms with Crippen LogP contribution in [-0.4, -0.2) is 55.5 Å². The molecule has 3 rings (SSSR count). The molecule has 0 aromatic heterocycles. The highest BCUT2D eigenvalue weighted by Gasteiger charge is 2.50. The van der Waals surface area contributed by atoms with Crippen molar-refractivity contribution in [1.82, 2.24) is 9.21 Å². The molecule has 0 aliphatic carbocycles. The summed E-state index contributed by atoms with van der Waals surface area (Å²) in [6.07, 6.45) is 1.03. The van der Waals surface area contributed by atoms with Crippen molar-refractivity contribution in [2.45, 2.75) is 30.4 Å². The van der Waals surface area contributed by atoms with E-state index in [4.69, 9.17) is 4.74 Å². The monoisotopic (exact) mass is 324 g/mol. The Labute approximate surface area is 130 Å². The van der Waals surface area contributed by atoms with Crippen LogP contribution in [0.25, 0.3) is 0 Å². The average Bonchev–Trinajstić information content (AvgIpc) is 2.92. The summed E-state index contributed by atoms with van der Waals surface area (Å²) in [5.41, 5.74) is -0.805. The number of carbonyl (C=O) groups excluding carboxylic acids is 1. The predicted octanol–water partition coefficient (Wildman–Crippen LogP) is 1.05. The lowest BCUT2D eigenvalue weighted by Crippen LogP contribution is -2.55. The van der Waals surface area contributed by atoms with Gasteiger partial charge in [0.15, 0.2) is 0 Å². The summed E-state index contributed by atoms with van der Waals surface area (Å²) in [6.45, 7) is 3.34. The van der Waals surface area contributed by atoms with Crippen molar-refractivity contribution in [2.24, 2.45) is 0 Å². The Bertz CT molecular complexity index is 651. The molecule has 1 spiro atoms. The Balaban J connectivity index is 1.87. The molecule has 1 aromatic rings. The summed E-state index contributed by atoms with van der Waals surface area (Å²) in [7, 11) is -3.58. The first kappa shape index (κ1) is 15.5. The lowest BCUT2D eigenvalue weighted by atomic mass is 10.0. The number of sulfonamides is 1. The molecule has 0 radical (unpaired) electrons. The summed E-state index contributed by atoms with van der Waals surface area (Å²) in [6, 6.07) is 8.43. The maximum Gasteiger partial charge on any atom is 0.245 e. The van der Waals surface area contributed by atoms with Gasteiger partial charge in [-0.2, -0.15) is 4.31 Å². The summed E-state index contributed by atoms with van der Waals surface area (Å²) in [5.74, 6) is 0.0188. The molecule has 2 saturated heterocycles. The third kappa shape index (κ3) is 2.53. The SMILES string of the molecule is CC(=O)N1CCC2(CC1)OCCN2S(=O)(=O)c1ccccc1. The molecule has 2 heterocycles. The van der Waals surface area contributed by atoms with Gasteiger partial charge in [0.2, 0.25) is 15.9 Å². The van der Waals surface area contributed by atoms with E-state index in [0.717, 1.165) is 0 Å². The minimum absolute atomic E-state index is 0.0188. The van der Waals surface area contributed by atoms with Crippen molar-refractivity contribution in [3.05, 3.63) is 30.3 Å². The third-order valence-corrected chi connectivity index (χ3v) is 6.40. The normalized spacial score (nSPS) is 22.1. The number of rotatable bonds is 2. The number of hydrogen-bond donors (Lipinski definition) is 0. The molecule has 2 fully saturated rings. The van der Waals surface area contributed by atoms with Crippen molar-refractivity contribution in [2.75, 3.05) is 26.2 Å². The number of piperidine rings is 1. The Morgan fingerprint density at radius 3 is 2.36 bits per heavy atom. The molecule has 2 aliphatic heterocycles. The van der Waals surface area contributed by atoms with E-state index in [1.54, 1.807) is 35.2 Å². The molecule has 0 unspecified atom stereocenters. The van der Waals surface area contributed by atoms with Crippen molar-refractivity contribution >= 4 is 15.9 Å². The number of benzene rings is 1. The van der Waals surface area contributed by atoms with Crippen LogP contribution in [0.2, 0.25) is 0 Å². The van der Waals surface area contributed by atoms with E-state index in [1.807, 2.05) is 0 Å². The van der Waals surface area contributed by atoms with Gasteiger partial charge in [0.25, 0.3) is 0 Å². The summed E-state index contributed by atoms with van der Waals surface area (Å²) in [4.78, 5) is 13.5. The molecule has 1 aromatic carbocycles. The van der Waals surface area contributed by atoms with Gasteiger partial charge < -0.3 is 9.64 Å². The highest BCUT2D eigenvalue weighted by Crippen LogP contribution is 2.38. The van der Waals surface area contributed by atoms with E-state index in [2.05, 4.69) is 0 Å². The first-order valence-corrected chi connectivity index (χ1v) is 8.87. The highest BCUT2D eigenvalue weighted by molar-refractivity contribution is 7.89. The van der Waals surface area contributed by atoms with Crippen LogP contribution in [0.5, 0.6) is 0 Å². The fourth-order valence-corrected chi connectivity index (χ4v) is 4.96. The number of amides is 1. The van der Waals surface area contributed by atoms with E-state index in [9.17, 15) is 13.2 Å². The van der Waals surface area contributed by atoms with Crippen LogP contribution >= 0.6 is 0 Å². The molecule has 0 saturated carbocycles. The van der Waals surface area contributed by atoms with Crippen LogP contribution in [0.15, 0.2) is 35.2 Å². The van der Waals surface area contributed by atoms with E-state index < -0.39 is 15.7 Å². The Morgan fingerprint density at radius 1 is 1.14 bits per heavy atom. The van der Waals surface area contributed by atoms with E-state index in [1.165, 1.54) is 11.2 Å². The Morgan fingerprint density at radius 2 is 1.77 bits per heavy atom. The molecular weight excluding hydrogens is 304 g/mol. The van der Waals surface area contributed by atoms with Gasteiger partial charge in [-0.3, -0.25) is 4.79 Å². The minimum Gasteiger partial charge on any atom is -0.358 e. The highest BCUT2D eigenvalue weighted by atomic mass is 32.2. The fraction of sp³-hybridized carbons (Fsp3) is 0.533. The number of carbonyl (C=O) groups is 1. The molecular formula is C15H20N2O4S. The van der Waals surface area contributed by atoms with Crippen molar-refractivity contribution < 1.29 is 17.9 Å². The van der Waals surface area contributed by atoms with Crippen LogP contribution in [0.3, 0.4) is 0 Å². The van der Waals surface area contributed by atoms with Crippen LogP contribution in [0, 0.1) is 0 Å². The topological polar surface area (TPSA) is 66.9 Å². The number of likely N-dealkylation sites (tertiary alicyclic amines) is 1. The second kappa shape index (κ2) is 5.64. The van der Waals surface area contributed by atoms with Gasteiger partial charge in [-0.1, -0.05) is 18.2 Å². The molecule has 2 aliphatic rings. The first-order chi connectivity index (χ1) is 10.5. The number of hydrogen-bond acceptors (Lipinski definition) is 4. The van der Waals surface area contributed by atoms with Gasteiger partial charge in [-0.25, -0.2) is 8.42 Å². The standard InChI is InChI=1S/C15H20N2O4S/c1-13(18)16-9-7-15(8-10-16)17(11-12-21-15)22(19,20)14-5-3-2-4-6-14/h2-6H,7-12H2,1H3. The lowest BCUT2D eigenvalue weighted by molar-refractivity contribution is -0.137. The second-order valence-electron chi connectivity index (χ2n) is 5.69. The summed E-state index contributed by atoms with van der Waals surface area (Å²) in [5, 5.41) is 0. The van der Waals surface area contributed by atoms with Crippen molar-refractivity contribution in [3.63, 3.8) is 0 Å². The van der Waals surface area contributed by atoms with Crippen LogP contribution in [0.4, 0.5) is 0 Å². The number of nitrogens with zero attached hydrogens (tertiary/aromatic N) is 2. The van der Waals surface area contributed by atoms with Gasteiger partial charge >= 0.3 is 0 Å². The Hall–Kier alpha value is -1.44. The first-order valence-electron chi connectivity index (χ1n) is 7.43. The van der Waals surface area contributed by atoms with Gasteiger partial charge in [-0.15, -0.1) is 0 Å². The van der Waals surface area contributed by atoms with Gasteiger partial charge in [0.1, 0.15) is 5.72 Å². The molecule has 120 valence electrons. The maximum absolute atomic E-state index is 12.9. The quantitative estimate of drug-likeness (QED) is 0.815. The fourth-order valence-electron chi connectivity index (χ4n) is 3.22. The minimum atomic E-state index is -3.58. The molecule has 6 nitrogen and oxygen atoms in total. The van der Waals surface area contributed by atoms with Crippen LogP contribution < -0.4 is 0 Å². The zero-order chi connectivity index (χ0) is 15.8. The van der Waals surface area contributed by atoms with Gasteiger partial charge in [0, 0.05) is 39.4 Å². The van der Waals surface area contributed by atoms with Gasteiger partial charge in [-0.05, 0) is 12.1 Å². The third-order valence-electron chi connectivity index (χ3n) is 4.44. The second-order valence-corrected chi connectivity index (χ2v) is 7.55. The lowest BCUT2D eigenvalue weighted by Gasteiger charge is -2.42. The predicted molar refractivity (Wildman–Crippen MR) is 80.5 cm³/mol. The zero-order valence-corrected chi connectivity index (χ0v) is 13.4. The Kier molecular flexibility index (Phi) is 3.96. The largest absolute Gasteiger partial charge is 0.358 e. The summed E-state index contributed by atoms with van der Waals surface area (Å²) >= 11 is 0. The molecule has 0 bridgehead atoms. The van der Waals surface area contributed by atoms with Crippen LogP contribution in [0.1, 0.15) is 19.8 Å². The maximum atomic E-state index is 12.9. The molecule has 7 heteroatoms. The average molecular weight is 324 g/mol. The molecule has 0 N–H and O–H groups in total. The zero-order valence-electron chi connectivity index (χ0n) is 12.6. The molecule has 1 amide bonds. The van der Waals surface area contributed by atoms with E-state index in [-0.39, 0.29) is 10.8 Å². The molecule has 22 heavy (non-hydrogen) atoms. The van der Waals surface area contributed by atoms with Crippen molar-refractivity contribution in [3.8, 4) is 0 Å². The van der Waals surface area contributed by atoms with E-state index >= 15 is 0 Å². The van der Waals surface area contributed by atoms with E-state index in [0.29, 0.717) is 39.1 Å². The molecule has 0 atom stereocenters.